The van der Waals surface area contributed by atoms with Gasteiger partial charge in [0.15, 0.2) is 0 Å². The SMILES string of the molecule is COc1cc(NC(=O)C(=O)NC(C)(C)C(=O)N(C)C)ccc1C1=CC=C(C)OC1. The Labute approximate surface area is 170 Å². The number of benzene rings is 1. The van der Waals surface area contributed by atoms with Crippen LogP contribution in [0.4, 0.5) is 5.69 Å². The first-order chi connectivity index (χ1) is 13.5. The molecule has 0 aliphatic carbocycles. The largest absolute Gasteiger partial charge is 0.496 e. The van der Waals surface area contributed by atoms with Crippen LogP contribution in [0.1, 0.15) is 26.3 Å². The van der Waals surface area contributed by atoms with Crippen LogP contribution in [-0.2, 0) is 19.1 Å². The topological polar surface area (TPSA) is 97.0 Å². The molecule has 1 aromatic carbocycles. The number of likely N-dealkylation sites (N-methyl/N-ethyl adjacent to an activating group) is 1. The zero-order valence-electron chi connectivity index (χ0n) is 17.6. The average Bonchev–Trinajstić information content (AvgIpc) is 2.67. The molecule has 0 bridgehead atoms. The van der Waals surface area contributed by atoms with Crippen LogP contribution in [0.15, 0.2) is 36.1 Å². The maximum absolute atomic E-state index is 12.3. The van der Waals surface area contributed by atoms with Crippen LogP contribution < -0.4 is 15.4 Å². The number of carbonyl (C=O) groups excluding carboxylic acids is 3. The van der Waals surface area contributed by atoms with Gasteiger partial charge in [0.05, 0.1) is 12.9 Å². The first kappa shape index (κ1) is 22.0. The van der Waals surface area contributed by atoms with E-state index in [-0.39, 0.29) is 5.91 Å². The molecule has 1 aliphatic rings. The normalized spacial score (nSPS) is 13.4. The number of allylic oxidation sites excluding steroid dienone is 3. The molecular formula is C21H27N3O5. The Kier molecular flexibility index (Phi) is 6.68. The quantitative estimate of drug-likeness (QED) is 0.735. The van der Waals surface area contributed by atoms with E-state index in [0.717, 1.165) is 16.9 Å². The van der Waals surface area contributed by atoms with E-state index >= 15 is 0 Å². The van der Waals surface area contributed by atoms with Crippen molar-refractivity contribution in [2.75, 3.05) is 33.1 Å². The van der Waals surface area contributed by atoms with Crippen molar-refractivity contribution in [3.05, 3.63) is 41.7 Å². The van der Waals surface area contributed by atoms with Crippen molar-refractivity contribution in [1.29, 1.82) is 0 Å². The summed E-state index contributed by atoms with van der Waals surface area (Å²) in [5.41, 5.74) is 0.952. The summed E-state index contributed by atoms with van der Waals surface area (Å²) in [6.07, 6.45) is 3.82. The Morgan fingerprint density at radius 1 is 1.14 bits per heavy atom. The number of anilines is 1. The first-order valence-electron chi connectivity index (χ1n) is 9.09. The van der Waals surface area contributed by atoms with Crippen LogP contribution in [0.5, 0.6) is 5.75 Å². The molecule has 0 unspecified atom stereocenters. The molecule has 2 rings (SSSR count). The number of amides is 3. The summed E-state index contributed by atoms with van der Waals surface area (Å²) in [5.74, 6) is -0.736. The third-order valence-electron chi connectivity index (χ3n) is 4.35. The molecule has 1 aliphatic heterocycles. The number of nitrogens with zero attached hydrogens (tertiary/aromatic N) is 1. The number of methoxy groups -OCH3 is 1. The third kappa shape index (κ3) is 5.37. The van der Waals surface area contributed by atoms with E-state index in [1.165, 1.54) is 25.9 Å². The van der Waals surface area contributed by atoms with Gasteiger partial charge in [-0.2, -0.15) is 0 Å². The number of rotatable bonds is 5. The minimum absolute atomic E-state index is 0.322. The second-order valence-corrected chi connectivity index (χ2v) is 7.41. The molecule has 156 valence electrons. The molecule has 0 atom stereocenters. The van der Waals surface area contributed by atoms with Crippen LogP contribution in [-0.4, -0.2) is 56.0 Å². The van der Waals surface area contributed by atoms with Crippen molar-refractivity contribution in [3.63, 3.8) is 0 Å². The molecule has 0 spiro atoms. The van der Waals surface area contributed by atoms with E-state index in [2.05, 4.69) is 10.6 Å². The lowest BCUT2D eigenvalue weighted by Gasteiger charge is -2.27. The van der Waals surface area contributed by atoms with Crippen molar-refractivity contribution in [3.8, 4) is 5.75 Å². The molecule has 0 fully saturated rings. The van der Waals surface area contributed by atoms with E-state index in [4.69, 9.17) is 9.47 Å². The molecule has 29 heavy (non-hydrogen) atoms. The van der Waals surface area contributed by atoms with Gasteiger partial charge in [-0.25, -0.2) is 0 Å². The molecule has 0 aromatic heterocycles. The highest BCUT2D eigenvalue weighted by atomic mass is 16.5. The minimum Gasteiger partial charge on any atom is -0.496 e. The summed E-state index contributed by atoms with van der Waals surface area (Å²) in [6.45, 7) is 5.37. The van der Waals surface area contributed by atoms with Crippen molar-refractivity contribution >= 4 is 29.0 Å². The smallest absolute Gasteiger partial charge is 0.313 e. The van der Waals surface area contributed by atoms with Gasteiger partial charge >= 0.3 is 11.8 Å². The number of ether oxygens (including phenoxy) is 2. The van der Waals surface area contributed by atoms with Gasteiger partial charge in [-0.05, 0) is 39.0 Å². The fourth-order valence-corrected chi connectivity index (χ4v) is 2.85. The summed E-state index contributed by atoms with van der Waals surface area (Å²) < 4.78 is 11.0. The fourth-order valence-electron chi connectivity index (χ4n) is 2.85. The molecule has 0 saturated carbocycles. The van der Waals surface area contributed by atoms with Gasteiger partial charge in [-0.1, -0.05) is 6.08 Å². The van der Waals surface area contributed by atoms with Crippen molar-refractivity contribution in [2.24, 2.45) is 0 Å². The van der Waals surface area contributed by atoms with Gasteiger partial charge in [0.2, 0.25) is 5.91 Å². The molecule has 8 heteroatoms. The Balaban J connectivity index is 2.13. The average molecular weight is 401 g/mol. The minimum atomic E-state index is -1.21. The van der Waals surface area contributed by atoms with Crippen LogP contribution in [0, 0.1) is 0 Å². The maximum Gasteiger partial charge on any atom is 0.313 e. The molecule has 1 heterocycles. The molecule has 2 N–H and O–H groups in total. The highest BCUT2D eigenvalue weighted by Crippen LogP contribution is 2.31. The lowest BCUT2D eigenvalue weighted by Crippen LogP contribution is -2.56. The number of nitrogens with one attached hydrogen (secondary N) is 2. The fraction of sp³-hybridized carbons (Fsp3) is 0.381. The summed E-state index contributed by atoms with van der Waals surface area (Å²) in [7, 11) is 4.68. The molecule has 0 radical (unpaired) electrons. The highest BCUT2D eigenvalue weighted by Gasteiger charge is 2.32. The Morgan fingerprint density at radius 2 is 1.83 bits per heavy atom. The summed E-state index contributed by atoms with van der Waals surface area (Å²) in [5, 5.41) is 4.97. The summed E-state index contributed by atoms with van der Waals surface area (Å²) >= 11 is 0. The van der Waals surface area contributed by atoms with Gasteiger partial charge in [0.1, 0.15) is 17.9 Å². The highest BCUT2D eigenvalue weighted by molar-refractivity contribution is 6.40. The van der Waals surface area contributed by atoms with Gasteiger partial charge in [0, 0.05) is 37.0 Å². The van der Waals surface area contributed by atoms with E-state index in [9.17, 15) is 14.4 Å². The van der Waals surface area contributed by atoms with Gasteiger partial charge in [-0.3, -0.25) is 14.4 Å². The summed E-state index contributed by atoms with van der Waals surface area (Å²) in [4.78, 5) is 38.0. The second kappa shape index (κ2) is 8.81. The van der Waals surface area contributed by atoms with Crippen LogP contribution >= 0.6 is 0 Å². The molecule has 3 amide bonds. The lowest BCUT2D eigenvalue weighted by atomic mass is 10.0. The predicted molar refractivity (Wildman–Crippen MR) is 110 cm³/mol. The number of hydrogen-bond acceptors (Lipinski definition) is 5. The van der Waals surface area contributed by atoms with Gasteiger partial charge in [0.25, 0.3) is 0 Å². The van der Waals surface area contributed by atoms with E-state index in [0.29, 0.717) is 18.0 Å². The van der Waals surface area contributed by atoms with E-state index < -0.39 is 17.4 Å². The van der Waals surface area contributed by atoms with Crippen LogP contribution in [0.3, 0.4) is 0 Å². The summed E-state index contributed by atoms with van der Waals surface area (Å²) in [6, 6.07) is 5.09. The number of hydrogen-bond donors (Lipinski definition) is 2. The molecule has 8 nitrogen and oxygen atoms in total. The van der Waals surface area contributed by atoms with Gasteiger partial charge < -0.3 is 25.0 Å². The van der Waals surface area contributed by atoms with E-state index in [1.54, 1.807) is 32.3 Å². The first-order valence-corrected chi connectivity index (χ1v) is 9.09. The Bertz CT molecular complexity index is 884. The predicted octanol–water partition coefficient (Wildman–Crippen LogP) is 1.93. The molecule has 1 aromatic rings. The lowest BCUT2D eigenvalue weighted by molar-refractivity contribution is -0.142. The van der Waals surface area contributed by atoms with Crippen molar-refractivity contribution in [2.45, 2.75) is 26.3 Å². The molecule has 0 saturated heterocycles. The second-order valence-electron chi connectivity index (χ2n) is 7.41. The van der Waals surface area contributed by atoms with Crippen LogP contribution in [0.2, 0.25) is 0 Å². The Hall–Kier alpha value is -3.29. The third-order valence-corrected chi connectivity index (χ3v) is 4.35. The monoisotopic (exact) mass is 401 g/mol. The van der Waals surface area contributed by atoms with Crippen LogP contribution in [0.25, 0.3) is 5.57 Å². The maximum atomic E-state index is 12.3. The van der Waals surface area contributed by atoms with Crippen molar-refractivity contribution in [1.82, 2.24) is 10.2 Å². The Morgan fingerprint density at radius 3 is 2.38 bits per heavy atom. The van der Waals surface area contributed by atoms with Crippen molar-refractivity contribution < 1.29 is 23.9 Å². The van der Waals surface area contributed by atoms with E-state index in [1.807, 2.05) is 19.1 Å². The zero-order valence-corrected chi connectivity index (χ0v) is 17.6. The van der Waals surface area contributed by atoms with Gasteiger partial charge in [-0.15, -0.1) is 0 Å². The molecular weight excluding hydrogens is 374 g/mol. The standard InChI is InChI=1S/C21H27N3O5/c1-13-7-8-14(12-29-13)16-10-9-15(11-17(16)28-6)22-18(25)19(26)23-21(2,3)20(27)24(4)5/h7-11H,12H2,1-6H3,(H,22,25)(H,23,26). The number of carbonyl (C=O) groups is 3. The zero-order chi connectivity index (χ0) is 21.8.